The summed E-state index contributed by atoms with van der Waals surface area (Å²) in [4.78, 5) is 34.0. The Morgan fingerprint density at radius 3 is 2.80 bits per heavy atom. The number of hydrogen-bond acceptors (Lipinski definition) is 8. The minimum atomic E-state index is -1.41. The number of nitrogens with two attached hydrogens (primary N) is 2. The van der Waals surface area contributed by atoms with Crippen LogP contribution in [0, 0.1) is 5.82 Å². The van der Waals surface area contributed by atoms with E-state index in [1.165, 1.54) is 46.2 Å². The van der Waals surface area contributed by atoms with Crippen LogP contribution in [0.5, 0.6) is 0 Å². The van der Waals surface area contributed by atoms with Gasteiger partial charge in [-0.05, 0) is 24.3 Å². The summed E-state index contributed by atoms with van der Waals surface area (Å²) in [5, 5.41) is 6.99. The third-order valence-electron chi connectivity index (χ3n) is 5.14. The van der Waals surface area contributed by atoms with Gasteiger partial charge in [0.25, 0.3) is 11.5 Å². The highest BCUT2D eigenvalue weighted by Gasteiger charge is 2.52. The number of aromatic nitrogens is 3. The molecule has 4 heterocycles. The molecule has 6 N–H and O–H groups in total. The number of anilines is 4. The van der Waals surface area contributed by atoms with Gasteiger partial charge >= 0.3 is 0 Å². The predicted molar refractivity (Wildman–Crippen MR) is 108 cm³/mol. The van der Waals surface area contributed by atoms with Crippen molar-refractivity contribution >= 4 is 40.5 Å². The largest absolute Gasteiger partial charge is 0.384 e. The summed E-state index contributed by atoms with van der Waals surface area (Å²) in [6.07, 6.45) is 1.24. The molecule has 1 aromatic carbocycles. The number of hydrazine groups is 1. The summed E-state index contributed by atoms with van der Waals surface area (Å²) in [7, 11) is 0. The lowest BCUT2D eigenvalue weighted by molar-refractivity contribution is 0.0940. The fraction of sp³-hybridized carbons (Fsp3) is 0.111. The molecule has 2 aromatic heterocycles. The lowest BCUT2D eigenvalue weighted by Gasteiger charge is -2.27. The summed E-state index contributed by atoms with van der Waals surface area (Å²) in [5.74, 6) is 5.45. The summed E-state index contributed by atoms with van der Waals surface area (Å²) >= 11 is 6.36. The Labute approximate surface area is 173 Å². The Bertz CT molecular complexity index is 1300. The Morgan fingerprint density at radius 1 is 1.23 bits per heavy atom. The molecule has 1 unspecified atom stereocenters. The lowest BCUT2D eigenvalue weighted by atomic mass is 10.0. The number of pyridine rings is 1. The van der Waals surface area contributed by atoms with Gasteiger partial charge in [-0.2, -0.15) is 0 Å². The first-order chi connectivity index (χ1) is 14.3. The SMILES string of the molecule is Nc1cc(Nc2cc(Cl)c3n(c2=O)C2(CN(N)c4ccc(F)cc42)NC3=O)ncn1. The molecule has 5 rings (SSSR count). The van der Waals surface area contributed by atoms with Crippen LogP contribution in [0.4, 0.5) is 27.4 Å². The first kappa shape index (κ1) is 18.3. The van der Waals surface area contributed by atoms with Crippen LogP contribution in [0.1, 0.15) is 16.1 Å². The van der Waals surface area contributed by atoms with Gasteiger partial charge in [0.05, 0.1) is 17.3 Å². The van der Waals surface area contributed by atoms with E-state index >= 15 is 0 Å². The van der Waals surface area contributed by atoms with Crippen LogP contribution >= 0.6 is 11.6 Å². The maximum atomic E-state index is 14.1. The minimum Gasteiger partial charge on any atom is -0.384 e. The van der Waals surface area contributed by atoms with Crippen molar-refractivity contribution in [3.8, 4) is 0 Å². The number of rotatable bonds is 2. The van der Waals surface area contributed by atoms with Crippen molar-refractivity contribution in [2.75, 3.05) is 22.6 Å². The maximum absolute atomic E-state index is 14.1. The van der Waals surface area contributed by atoms with E-state index in [0.29, 0.717) is 11.3 Å². The number of carbonyl (C=O) groups is 1. The summed E-state index contributed by atoms with van der Waals surface area (Å²) in [5.41, 5.74) is 4.50. The zero-order chi connectivity index (χ0) is 21.2. The van der Waals surface area contributed by atoms with Crippen molar-refractivity contribution in [3.05, 3.63) is 69.1 Å². The molecule has 2 aliphatic rings. The molecule has 0 saturated carbocycles. The number of halogens is 2. The quantitative estimate of drug-likeness (QED) is 0.440. The van der Waals surface area contributed by atoms with Crippen LogP contribution in [0.25, 0.3) is 0 Å². The van der Waals surface area contributed by atoms with E-state index in [1.54, 1.807) is 0 Å². The van der Waals surface area contributed by atoms with Crippen LogP contribution in [0.3, 0.4) is 0 Å². The third-order valence-corrected chi connectivity index (χ3v) is 5.42. The van der Waals surface area contributed by atoms with Gasteiger partial charge < -0.3 is 21.4 Å². The second-order valence-corrected chi connectivity index (χ2v) is 7.36. The fourth-order valence-electron chi connectivity index (χ4n) is 3.94. The second-order valence-electron chi connectivity index (χ2n) is 6.95. The van der Waals surface area contributed by atoms with Gasteiger partial charge in [-0.3, -0.25) is 14.2 Å². The lowest BCUT2D eigenvalue weighted by Crippen LogP contribution is -2.52. The van der Waals surface area contributed by atoms with Crippen LogP contribution in [0.15, 0.2) is 41.5 Å². The van der Waals surface area contributed by atoms with Crippen LogP contribution < -0.4 is 32.8 Å². The number of nitrogens with zero attached hydrogens (tertiary/aromatic N) is 4. The van der Waals surface area contributed by atoms with Crippen molar-refractivity contribution in [2.45, 2.75) is 5.66 Å². The van der Waals surface area contributed by atoms with Gasteiger partial charge in [-0.25, -0.2) is 20.2 Å². The average Bonchev–Trinajstić information content (AvgIpc) is 3.13. The van der Waals surface area contributed by atoms with Crippen molar-refractivity contribution < 1.29 is 9.18 Å². The van der Waals surface area contributed by atoms with Crippen molar-refractivity contribution in [2.24, 2.45) is 5.84 Å². The number of amides is 1. The van der Waals surface area contributed by atoms with Crippen LogP contribution in [-0.2, 0) is 5.66 Å². The van der Waals surface area contributed by atoms with E-state index in [1.807, 2.05) is 0 Å². The molecular formula is C18H14ClFN8O2. The minimum absolute atomic E-state index is 0.00463. The van der Waals surface area contributed by atoms with Crippen molar-refractivity contribution in [1.82, 2.24) is 19.9 Å². The van der Waals surface area contributed by atoms with Gasteiger partial charge in [-0.15, -0.1) is 0 Å². The smallest absolute Gasteiger partial charge is 0.277 e. The van der Waals surface area contributed by atoms with Crippen LogP contribution in [0.2, 0.25) is 5.02 Å². The second kappa shape index (κ2) is 6.15. The van der Waals surface area contributed by atoms with Crippen LogP contribution in [-0.4, -0.2) is 27.0 Å². The molecule has 3 aromatic rings. The van der Waals surface area contributed by atoms with E-state index in [-0.39, 0.29) is 34.6 Å². The maximum Gasteiger partial charge on any atom is 0.277 e. The van der Waals surface area contributed by atoms with E-state index in [2.05, 4.69) is 20.6 Å². The molecule has 1 amide bonds. The van der Waals surface area contributed by atoms with Crippen molar-refractivity contribution in [3.63, 3.8) is 0 Å². The van der Waals surface area contributed by atoms with Gasteiger partial charge in [0.1, 0.15) is 35.2 Å². The summed E-state index contributed by atoms with van der Waals surface area (Å²) < 4.78 is 15.3. The van der Waals surface area contributed by atoms with E-state index < -0.39 is 22.9 Å². The molecule has 12 heteroatoms. The zero-order valence-electron chi connectivity index (χ0n) is 15.2. The summed E-state index contributed by atoms with van der Waals surface area (Å²) in [6, 6.07) is 6.74. The predicted octanol–water partition coefficient (Wildman–Crippen LogP) is 0.895. The Balaban J connectivity index is 1.74. The van der Waals surface area contributed by atoms with E-state index in [4.69, 9.17) is 23.2 Å². The molecule has 152 valence electrons. The third kappa shape index (κ3) is 2.46. The number of nitrogens with one attached hydrogen (secondary N) is 2. The highest BCUT2D eigenvalue weighted by molar-refractivity contribution is 6.34. The molecule has 0 bridgehead atoms. The first-order valence-corrected chi connectivity index (χ1v) is 9.13. The molecule has 1 spiro atoms. The molecule has 0 saturated heterocycles. The van der Waals surface area contributed by atoms with Gasteiger partial charge in [0.15, 0.2) is 5.66 Å². The number of hydrogen-bond donors (Lipinski definition) is 4. The van der Waals surface area contributed by atoms with Gasteiger partial charge in [0, 0.05) is 11.6 Å². The average molecular weight is 429 g/mol. The Kier molecular flexibility index (Phi) is 3.76. The number of benzene rings is 1. The molecular weight excluding hydrogens is 415 g/mol. The number of carbonyl (C=O) groups excluding carboxylic acids is 1. The standard InChI is InChI=1S/C18H14ClFN8O2/c19-10-4-11(25-14-5-13(21)23-7-24-14)17(30)28-15(10)16(29)26-18(28)6-27(22)12-2-1-8(20)3-9(12)18/h1-5,7H,6,22H2,(H,26,29)(H3,21,23,24,25). The normalized spacial score (nSPS) is 19.0. The van der Waals surface area contributed by atoms with E-state index in [0.717, 1.165) is 0 Å². The monoisotopic (exact) mass is 428 g/mol. The van der Waals surface area contributed by atoms with Gasteiger partial charge in [-0.1, -0.05) is 11.6 Å². The molecule has 2 aliphatic heterocycles. The number of nitrogen functional groups attached to an aromatic ring is 1. The molecule has 1 atom stereocenters. The fourth-order valence-corrected chi connectivity index (χ4v) is 4.22. The van der Waals surface area contributed by atoms with Crippen molar-refractivity contribution in [1.29, 1.82) is 0 Å². The Morgan fingerprint density at radius 2 is 2.03 bits per heavy atom. The molecule has 0 aliphatic carbocycles. The summed E-state index contributed by atoms with van der Waals surface area (Å²) in [6.45, 7) is 0.00463. The molecule has 0 radical (unpaired) electrons. The van der Waals surface area contributed by atoms with E-state index in [9.17, 15) is 14.0 Å². The highest BCUT2D eigenvalue weighted by atomic mass is 35.5. The van der Waals surface area contributed by atoms with Gasteiger partial charge in [0.2, 0.25) is 0 Å². The number of fused-ring (bicyclic) bond motifs is 4. The highest BCUT2D eigenvalue weighted by Crippen LogP contribution is 2.43. The molecule has 0 fully saturated rings. The molecule has 10 nitrogen and oxygen atoms in total. The first-order valence-electron chi connectivity index (χ1n) is 8.75. The zero-order valence-corrected chi connectivity index (χ0v) is 15.9. The Hall–Kier alpha value is -3.70. The molecule has 30 heavy (non-hydrogen) atoms. The topological polar surface area (TPSA) is 144 Å².